The van der Waals surface area contributed by atoms with E-state index in [9.17, 15) is 13.2 Å². The van der Waals surface area contributed by atoms with Gasteiger partial charge in [0.15, 0.2) is 0 Å². The molecule has 1 saturated heterocycles. The first-order valence-electron chi connectivity index (χ1n) is 6.33. The summed E-state index contributed by atoms with van der Waals surface area (Å²) < 4.78 is 37.8. The first-order valence-corrected chi connectivity index (χ1v) is 6.33. The summed E-state index contributed by atoms with van der Waals surface area (Å²) in [7, 11) is 0. The molecule has 1 aromatic rings. The number of anilines is 1. The van der Waals surface area contributed by atoms with Crippen LogP contribution >= 0.6 is 0 Å². The highest BCUT2D eigenvalue weighted by molar-refractivity contribution is 5.40. The second-order valence-electron chi connectivity index (χ2n) is 5.38. The van der Waals surface area contributed by atoms with E-state index in [0.717, 1.165) is 18.9 Å². The molecule has 1 aliphatic rings. The molecular weight excluding hydrogens is 255 g/mol. The Hall–Kier alpha value is -1.30. The monoisotopic (exact) mass is 273 g/mol. The molecule has 2 N–H and O–H groups in total. The van der Waals surface area contributed by atoms with Crippen molar-refractivity contribution in [2.75, 3.05) is 24.5 Å². The number of nitrogens with two attached hydrogens (primary N) is 1. The Morgan fingerprint density at radius 3 is 2.47 bits per heavy atom. The van der Waals surface area contributed by atoms with Gasteiger partial charge in [0.05, 0.1) is 0 Å². The molecule has 0 unspecified atom stereocenters. The Morgan fingerprint density at radius 1 is 1.32 bits per heavy atom. The second-order valence-corrected chi connectivity index (χ2v) is 5.38. The van der Waals surface area contributed by atoms with Crippen molar-refractivity contribution >= 4 is 5.82 Å². The van der Waals surface area contributed by atoms with Crippen LogP contribution in [0.2, 0.25) is 0 Å². The van der Waals surface area contributed by atoms with Crippen molar-refractivity contribution < 1.29 is 13.2 Å². The summed E-state index contributed by atoms with van der Waals surface area (Å²) in [5.74, 6) is 0.397. The summed E-state index contributed by atoms with van der Waals surface area (Å²) in [5, 5.41) is 0. The molecule has 1 aliphatic heterocycles. The Kier molecular flexibility index (Phi) is 3.71. The van der Waals surface area contributed by atoms with Gasteiger partial charge in [-0.1, -0.05) is 13.0 Å². The number of piperidine rings is 1. The van der Waals surface area contributed by atoms with Gasteiger partial charge >= 0.3 is 6.18 Å². The molecule has 19 heavy (non-hydrogen) atoms. The maximum Gasteiger partial charge on any atom is 0.433 e. The molecule has 0 amide bonds. The van der Waals surface area contributed by atoms with Crippen LogP contribution in [0.1, 0.15) is 25.5 Å². The predicted octanol–water partition coefficient (Wildman–Crippen LogP) is 2.67. The van der Waals surface area contributed by atoms with Gasteiger partial charge in [-0.05, 0) is 36.9 Å². The fourth-order valence-electron chi connectivity index (χ4n) is 2.24. The van der Waals surface area contributed by atoms with E-state index < -0.39 is 11.9 Å². The van der Waals surface area contributed by atoms with Crippen LogP contribution in [0.5, 0.6) is 0 Å². The van der Waals surface area contributed by atoms with E-state index in [2.05, 4.69) is 11.9 Å². The minimum Gasteiger partial charge on any atom is -0.357 e. The molecule has 106 valence electrons. The van der Waals surface area contributed by atoms with Gasteiger partial charge in [0.1, 0.15) is 11.5 Å². The quantitative estimate of drug-likeness (QED) is 0.900. The summed E-state index contributed by atoms with van der Waals surface area (Å²) in [4.78, 5) is 5.61. The highest BCUT2D eigenvalue weighted by Gasteiger charge is 2.34. The average Bonchev–Trinajstić information content (AvgIpc) is 2.39. The minimum absolute atomic E-state index is 0.0954. The third-order valence-corrected chi connectivity index (χ3v) is 3.81. The number of alkyl halides is 3. The summed E-state index contributed by atoms with van der Waals surface area (Å²) in [5.41, 5.74) is 4.98. The molecule has 6 heteroatoms. The van der Waals surface area contributed by atoms with Gasteiger partial charge < -0.3 is 10.6 Å². The zero-order chi connectivity index (χ0) is 14.1. The molecule has 0 bridgehead atoms. The van der Waals surface area contributed by atoms with E-state index in [4.69, 9.17) is 5.73 Å². The van der Waals surface area contributed by atoms with E-state index in [0.29, 0.717) is 25.5 Å². The fraction of sp³-hybridized carbons (Fsp3) is 0.615. The molecule has 0 saturated carbocycles. The summed E-state index contributed by atoms with van der Waals surface area (Å²) in [6.07, 6.45) is -2.64. The van der Waals surface area contributed by atoms with Crippen molar-refractivity contribution in [1.82, 2.24) is 4.98 Å². The normalized spacial score (nSPS) is 19.5. The topological polar surface area (TPSA) is 42.1 Å². The number of halogens is 3. The lowest BCUT2D eigenvalue weighted by atomic mass is 9.80. The molecule has 0 spiro atoms. The summed E-state index contributed by atoms with van der Waals surface area (Å²) in [6, 6.07) is 4.03. The number of aromatic nitrogens is 1. The van der Waals surface area contributed by atoms with Crippen molar-refractivity contribution in [2.24, 2.45) is 11.1 Å². The lowest BCUT2D eigenvalue weighted by Crippen LogP contribution is -2.42. The van der Waals surface area contributed by atoms with E-state index in [1.807, 2.05) is 4.90 Å². The smallest absolute Gasteiger partial charge is 0.357 e. The van der Waals surface area contributed by atoms with Crippen LogP contribution in [0.3, 0.4) is 0 Å². The third kappa shape index (κ3) is 3.18. The van der Waals surface area contributed by atoms with Gasteiger partial charge in [-0.3, -0.25) is 0 Å². The highest BCUT2D eigenvalue weighted by atomic mass is 19.4. The van der Waals surface area contributed by atoms with Crippen molar-refractivity contribution in [3.63, 3.8) is 0 Å². The molecule has 0 atom stereocenters. The van der Waals surface area contributed by atoms with Crippen molar-refractivity contribution in [2.45, 2.75) is 25.9 Å². The van der Waals surface area contributed by atoms with Crippen LogP contribution in [0.25, 0.3) is 0 Å². The van der Waals surface area contributed by atoms with Crippen LogP contribution in [0, 0.1) is 5.41 Å². The van der Waals surface area contributed by atoms with Gasteiger partial charge in [-0.15, -0.1) is 0 Å². The molecule has 0 radical (unpaired) electrons. The molecule has 0 aliphatic carbocycles. The van der Waals surface area contributed by atoms with Gasteiger partial charge in [-0.2, -0.15) is 13.2 Å². The molecule has 2 rings (SSSR count). The fourth-order valence-corrected chi connectivity index (χ4v) is 2.24. The third-order valence-electron chi connectivity index (χ3n) is 3.81. The van der Waals surface area contributed by atoms with Crippen LogP contribution < -0.4 is 10.6 Å². The maximum atomic E-state index is 12.6. The van der Waals surface area contributed by atoms with Crippen LogP contribution in [-0.4, -0.2) is 24.6 Å². The van der Waals surface area contributed by atoms with E-state index >= 15 is 0 Å². The van der Waals surface area contributed by atoms with E-state index in [1.165, 1.54) is 6.07 Å². The first-order chi connectivity index (χ1) is 8.84. The number of hydrogen-bond acceptors (Lipinski definition) is 3. The molecule has 0 aromatic carbocycles. The zero-order valence-electron chi connectivity index (χ0n) is 10.9. The number of pyridine rings is 1. The minimum atomic E-state index is -4.39. The van der Waals surface area contributed by atoms with Crippen molar-refractivity contribution in [1.29, 1.82) is 0 Å². The number of rotatable bonds is 2. The van der Waals surface area contributed by atoms with Gasteiger partial charge in [-0.25, -0.2) is 4.98 Å². The molecule has 1 fully saturated rings. The van der Waals surface area contributed by atoms with Crippen LogP contribution in [0.4, 0.5) is 19.0 Å². The zero-order valence-corrected chi connectivity index (χ0v) is 10.9. The Labute approximate surface area is 110 Å². The molecule has 3 nitrogen and oxygen atoms in total. The van der Waals surface area contributed by atoms with Gasteiger partial charge in [0, 0.05) is 13.1 Å². The van der Waals surface area contributed by atoms with E-state index in [1.54, 1.807) is 6.07 Å². The lowest BCUT2D eigenvalue weighted by Gasteiger charge is -2.39. The Balaban J connectivity index is 2.12. The van der Waals surface area contributed by atoms with Gasteiger partial charge in [0.25, 0.3) is 0 Å². The SMILES string of the molecule is CC1(CN)CCN(c2cccc(C(F)(F)F)n2)CC1. The Bertz CT molecular complexity index is 437. The molecule has 2 heterocycles. The van der Waals surface area contributed by atoms with Crippen molar-refractivity contribution in [3.05, 3.63) is 23.9 Å². The molecule has 1 aromatic heterocycles. The summed E-state index contributed by atoms with van der Waals surface area (Å²) >= 11 is 0. The average molecular weight is 273 g/mol. The first kappa shape index (κ1) is 14.1. The van der Waals surface area contributed by atoms with Crippen LogP contribution in [-0.2, 0) is 6.18 Å². The predicted molar refractivity (Wildman–Crippen MR) is 67.8 cm³/mol. The maximum absolute atomic E-state index is 12.6. The lowest BCUT2D eigenvalue weighted by molar-refractivity contribution is -0.141. The van der Waals surface area contributed by atoms with Crippen molar-refractivity contribution in [3.8, 4) is 0 Å². The number of nitrogens with zero attached hydrogens (tertiary/aromatic N) is 2. The second kappa shape index (κ2) is 5.00. The van der Waals surface area contributed by atoms with Crippen LogP contribution in [0.15, 0.2) is 18.2 Å². The number of hydrogen-bond donors (Lipinski definition) is 1. The molecular formula is C13H18F3N3. The summed E-state index contributed by atoms with van der Waals surface area (Å²) in [6.45, 7) is 4.12. The standard InChI is InChI=1S/C13H18F3N3/c1-12(9-17)5-7-19(8-6-12)11-4-2-3-10(18-11)13(14,15)16/h2-4H,5-9,17H2,1H3. The largest absolute Gasteiger partial charge is 0.433 e. The Morgan fingerprint density at radius 2 is 1.95 bits per heavy atom. The van der Waals surface area contributed by atoms with Gasteiger partial charge in [0.2, 0.25) is 0 Å². The highest BCUT2D eigenvalue weighted by Crippen LogP contribution is 2.33. The van der Waals surface area contributed by atoms with E-state index in [-0.39, 0.29) is 5.41 Å².